The number of carboxylic acids is 1. The van der Waals surface area contributed by atoms with Crippen LogP contribution in [-0.4, -0.2) is 61.4 Å². The van der Waals surface area contributed by atoms with Gasteiger partial charge in [-0.05, 0) is 39.7 Å². The SMILES string of the molecule is COCCN(C)CC(NC(C)C)(C(=O)O)C1CC1. The summed E-state index contributed by atoms with van der Waals surface area (Å²) in [5, 5.41) is 12.9. The summed E-state index contributed by atoms with van der Waals surface area (Å²) < 4.78 is 5.04. The van der Waals surface area contributed by atoms with Gasteiger partial charge < -0.3 is 14.7 Å². The average Bonchev–Trinajstić information content (AvgIpc) is 3.08. The number of hydrogen-bond acceptors (Lipinski definition) is 4. The number of ether oxygens (including phenoxy) is 1. The van der Waals surface area contributed by atoms with Crippen LogP contribution < -0.4 is 5.32 Å². The standard InChI is InChI=1S/C13H26N2O3/c1-10(2)14-13(12(16)17,11-5-6-11)9-15(3)7-8-18-4/h10-11,14H,5-9H2,1-4H3,(H,16,17). The van der Waals surface area contributed by atoms with Crippen molar-refractivity contribution in [2.24, 2.45) is 5.92 Å². The number of carbonyl (C=O) groups is 1. The highest BCUT2D eigenvalue weighted by Crippen LogP contribution is 2.40. The molecule has 0 aromatic heterocycles. The smallest absolute Gasteiger partial charge is 0.325 e. The van der Waals surface area contributed by atoms with Gasteiger partial charge in [-0.15, -0.1) is 0 Å². The summed E-state index contributed by atoms with van der Waals surface area (Å²) >= 11 is 0. The number of nitrogens with zero attached hydrogens (tertiary/aromatic N) is 1. The second-order valence-corrected chi connectivity index (χ2v) is 5.58. The predicted molar refractivity (Wildman–Crippen MR) is 70.7 cm³/mol. The van der Waals surface area contributed by atoms with Crippen molar-refractivity contribution in [3.8, 4) is 0 Å². The van der Waals surface area contributed by atoms with E-state index in [0.29, 0.717) is 13.2 Å². The van der Waals surface area contributed by atoms with Gasteiger partial charge >= 0.3 is 5.97 Å². The van der Waals surface area contributed by atoms with Gasteiger partial charge in [0.05, 0.1) is 6.61 Å². The molecule has 0 aromatic carbocycles. The fraction of sp³-hybridized carbons (Fsp3) is 0.923. The maximum absolute atomic E-state index is 11.7. The Balaban J connectivity index is 2.72. The molecule has 1 atom stereocenters. The van der Waals surface area contributed by atoms with Crippen molar-refractivity contribution in [3.05, 3.63) is 0 Å². The first-order valence-electron chi connectivity index (χ1n) is 6.61. The van der Waals surface area contributed by atoms with E-state index >= 15 is 0 Å². The topological polar surface area (TPSA) is 61.8 Å². The molecule has 0 bridgehead atoms. The molecule has 0 amide bonds. The number of likely N-dealkylation sites (N-methyl/N-ethyl adjacent to an activating group) is 1. The van der Waals surface area contributed by atoms with E-state index in [2.05, 4.69) is 5.32 Å². The van der Waals surface area contributed by atoms with Crippen molar-refractivity contribution >= 4 is 5.97 Å². The van der Waals surface area contributed by atoms with Crippen molar-refractivity contribution in [2.75, 3.05) is 33.9 Å². The molecule has 2 N–H and O–H groups in total. The Morgan fingerprint density at radius 1 is 1.56 bits per heavy atom. The first kappa shape index (κ1) is 15.4. The summed E-state index contributed by atoms with van der Waals surface area (Å²) in [4.78, 5) is 13.8. The normalized spacial score (nSPS) is 19.2. The molecule has 1 unspecified atom stereocenters. The van der Waals surface area contributed by atoms with Gasteiger partial charge in [-0.1, -0.05) is 0 Å². The Labute approximate surface area is 109 Å². The molecule has 5 heteroatoms. The zero-order valence-electron chi connectivity index (χ0n) is 11.9. The summed E-state index contributed by atoms with van der Waals surface area (Å²) in [7, 11) is 3.60. The number of carboxylic acid groups (broad SMARTS) is 1. The van der Waals surface area contributed by atoms with Gasteiger partial charge in [-0.25, -0.2) is 0 Å². The lowest BCUT2D eigenvalue weighted by Crippen LogP contribution is -2.62. The minimum atomic E-state index is -0.809. The van der Waals surface area contributed by atoms with Crippen LogP contribution in [0.15, 0.2) is 0 Å². The lowest BCUT2D eigenvalue weighted by atomic mass is 9.91. The molecule has 0 aliphatic heterocycles. The van der Waals surface area contributed by atoms with Gasteiger partial charge in [0.25, 0.3) is 0 Å². The summed E-state index contributed by atoms with van der Waals surface area (Å²) in [6, 6.07) is 0.164. The van der Waals surface area contributed by atoms with Crippen molar-refractivity contribution in [1.29, 1.82) is 0 Å². The number of aliphatic carboxylic acids is 1. The van der Waals surface area contributed by atoms with Gasteiger partial charge in [-0.3, -0.25) is 10.1 Å². The quantitative estimate of drug-likeness (QED) is 0.640. The maximum atomic E-state index is 11.7. The zero-order chi connectivity index (χ0) is 13.8. The van der Waals surface area contributed by atoms with E-state index in [-0.39, 0.29) is 12.0 Å². The van der Waals surface area contributed by atoms with Crippen molar-refractivity contribution < 1.29 is 14.6 Å². The number of nitrogens with one attached hydrogen (secondary N) is 1. The van der Waals surface area contributed by atoms with Crippen LogP contribution in [0.1, 0.15) is 26.7 Å². The Morgan fingerprint density at radius 2 is 2.17 bits per heavy atom. The molecule has 0 aromatic rings. The highest BCUT2D eigenvalue weighted by molar-refractivity contribution is 5.80. The first-order chi connectivity index (χ1) is 8.42. The Bertz CT molecular complexity index is 279. The van der Waals surface area contributed by atoms with Gasteiger partial charge in [0, 0.05) is 26.2 Å². The Morgan fingerprint density at radius 3 is 2.56 bits per heavy atom. The number of methoxy groups -OCH3 is 1. The fourth-order valence-corrected chi connectivity index (χ4v) is 2.44. The van der Waals surface area contributed by atoms with E-state index in [9.17, 15) is 9.90 Å². The van der Waals surface area contributed by atoms with E-state index < -0.39 is 11.5 Å². The molecule has 1 aliphatic carbocycles. The van der Waals surface area contributed by atoms with Crippen LogP contribution in [0.4, 0.5) is 0 Å². The number of hydrogen-bond donors (Lipinski definition) is 2. The minimum absolute atomic E-state index is 0.164. The third-order valence-corrected chi connectivity index (χ3v) is 3.40. The van der Waals surface area contributed by atoms with Crippen LogP contribution in [-0.2, 0) is 9.53 Å². The molecule has 18 heavy (non-hydrogen) atoms. The van der Waals surface area contributed by atoms with Gasteiger partial charge in [0.15, 0.2) is 0 Å². The summed E-state index contributed by atoms with van der Waals surface area (Å²) in [6.07, 6.45) is 2.01. The lowest BCUT2D eigenvalue weighted by Gasteiger charge is -2.36. The molecular weight excluding hydrogens is 232 g/mol. The summed E-state index contributed by atoms with van der Waals surface area (Å²) in [5.74, 6) is -0.481. The van der Waals surface area contributed by atoms with Crippen LogP contribution in [0, 0.1) is 5.92 Å². The monoisotopic (exact) mass is 258 g/mol. The van der Waals surface area contributed by atoms with E-state index in [1.807, 2.05) is 25.8 Å². The maximum Gasteiger partial charge on any atom is 0.325 e. The summed E-state index contributed by atoms with van der Waals surface area (Å²) in [6.45, 7) is 5.88. The highest BCUT2D eigenvalue weighted by atomic mass is 16.5. The third-order valence-electron chi connectivity index (χ3n) is 3.40. The molecule has 1 rings (SSSR count). The van der Waals surface area contributed by atoms with Crippen molar-refractivity contribution in [2.45, 2.75) is 38.3 Å². The molecule has 1 saturated carbocycles. The van der Waals surface area contributed by atoms with Gasteiger partial charge in [0.2, 0.25) is 0 Å². The second-order valence-electron chi connectivity index (χ2n) is 5.58. The van der Waals surface area contributed by atoms with Crippen LogP contribution in [0.25, 0.3) is 0 Å². The highest BCUT2D eigenvalue weighted by Gasteiger charge is 2.51. The first-order valence-corrected chi connectivity index (χ1v) is 6.61. The molecule has 0 radical (unpaired) electrons. The zero-order valence-corrected chi connectivity index (χ0v) is 11.9. The molecule has 0 spiro atoms. The third kappa shape index (κ3) is 3.93. The van der Waals surface area contributed by atoms with Crippen molar-refractivity contribution in [3.63, 3.8) is 0 Å². The van der Waals surface area contributed by atoms with Crippen LogP contribution in [0.5, 0.6) is 0 Å². The Kier molecular flexibility index (Phi) is 5.56. The van der Waals surface area contributed by atoms with E-state index in [1.165, 1.54) is 0 Å². The van der Waals surface area contributed by atoms with Gasteiger partial charge in [-0.2, -0.15) is 0 Å². The molecule has 0 saturated heterocycles. The average molecular weight is 258 g/mol. The molecule has 0 heterocycles. The predicted octanol–water partition coefficient (Wildman–Crippen LogP) is 0.796. The Hall–Kier alpha value is -0.650. The van der Waals surface area contributed by atoms with Crippen molar-refractivity contribution in [1.82, 2.24) is 10.2 Å². The largest absolute Gasteiger partial charge is 0.480 e. The lowest BCUT2D eigenvalue weighted by molar-refractivity contribution is -0.147. The van der Waals surface area contributed by atoms with E-state index in [4.69, 9.17) is 4.74 Å². The minimum Gasteiger partial charge on any atom is -0.480 e. The molecule has 1 fully saturated rings. The molecule has 5 nitrogen and oxygen atoms in total. The van der Waals surface area contributed by atoms with Gasteiger partial charge in [0.1, 0.15) is 5.54 Å². The second kappa shape index (κ2) is 6.50. The molecule has 1 aliphatic rings. The van der Waals surface area contributed by atoms with Crippen LogP contribution in [0.3, 0.4) is 0 Å². The molecule has 106 valence electrons. The van der Waals surface area contributed by atoms with E-state index in [0.717, 1.165) is 19.4 Å². The van der Waals surface area contributed by atoms with E-state index in [1.54, 1.807) is 7.11 Å². The van der Waals surface area contributed by atoms with Crippen LogP contribution in [0.2, 0.25) is 0 Å². The van der Waals surface area contributed by atoms with Crippen LogP contribution >= 0.6 is 0 Å². The fourth-order valence-electron chi connectivity index (χ4n) is 2.44. The summed E-state index contributed by atoms with van der Waals surface area (Å²) in [5.41, 5.74) is -0.809. The number of rotatable bonds is 9. The molecular formula is C13H26N2O3.